The highest BCUT2D eigenvalue weighted by molar-refractivity contribution is 5.88. The number of nitrogens with one attached hydrogen (secondary N) is 8. The third-order valence-corrected chi connectivity index (χ3v) is 11.3. The number of rotatable bonds is 33. The van der Waals surface area contributed by atoms with Gasteiger partial charge in [0.2, 0.25) is 47.3 Å². The fourth-order valence-corrected chi connectivity index (χ4v) is 7.30. The molecular weight excluding hydrogens is 857 g/mol. The summed E-state index contributed by atoms with van der Waals surface area (Å²) in [5.41, 5.74) is 12.4. The van der Waals surface area contributed by atoms with E-state index in [4.69, 9.17) is 11.5 Å². The lowest BCUT2D eigenvalue weighted by molar-refractivity contribution is -0.131. The minimum Gasteiger partial charge on any atom is -0.355 e. The van der Waals surface area contributed by atoms with E-state index < -0.39 is 29.8 Å². The minimum absolute atomic E-state index is 0.000937. The first kappa shape index (κ1) is 59.9. The van der Waals surface area contributed by atoms with E-state index in [-0.39, 0.29) is 135 Å². The van der Waals surface area contributed by atoms with Crippen molar-refractivity contribution in [2.45, 2.75) is 145 Å². The number of carbonyl (C=O) groups is 8. The van der Waals surface area contributed by atoms with Gasteiger partial charge in [-0.2, -0.15) is 0 Å². The number of hydrogen-bond acceptors (Lipinski definition) is 10. The van der Waals surface area contributed by atoms with E-state index in [2.05, 4.69) is 56.4 Å². The molecule has 0 saturated heterocycles. The summed E-state index contributed by atoms with van der Waals surface area (Å²) in [5, 5.41) is 23.0. The monoisotopic (exact) mass is 943 g/mol. The number of nitrogens with two attached hydrogens (primary N) is 2. The molecule has 1 aromatic rings. The Morgan fingerprint density at radius 1 is 0.507 bits per heavy atom. The molecule has 0 aliphatic heterocycles. The molecule has 0 bridgehead atoms. The first-order valence-corrected chi connectivity index (χ1v) is 24.2. The number of hydrogen-bond donors (Lipinski definition) is 10. The summed E-state index contributed by atoms with van der Waals surface area (Å²) in [4.78, 5) is 104. The molecule has 0 spiro atoms. The molecule has 0 radical (unpaired) electrons. The van der Waals surface area contributed by atoms with Gasteiger partial charge in [-0.3, -0.25) is 38.4 Å². The number of carbonyl (C=O) groups excluding carboxylic acids is 8. The second-order valence-electron chi connectivity index (χ2n) is 19.6. The van der Waals surface area contributed by atoms with Crippen LogP contribution in [0.1, 0.15) is 120 Å². The topological polar surface area (TPSA) is 285 Å². The average Bonchev–Trinajstić information content (AvgIpc) is 3.25. The molecular formula is C49H86N10O8. The molecule has 12 N–H and O–H groups in total. The van der Waals surface area contributed by atoms with Crippen molar-refractivity contribution < 1.29 is 38.4 Å². The van der Waals surface area contributed by atoms with Crippen LogP contribution >= 0.6 is 0 Å². The largest absolute Gasteiger partial charge is 0.355 e. The molecule has 1 rings (SSSR count). The van der Waals surface area contributed by atoms with Crippen LogP contribution in [-0.4, -0.2) is 111 Å². The fraction of sp³-hybridized carbons (Fsp3) is 0.714. The zero-order valence-electron chi connectivity index (χ0n) is 42.1. The normalized spacial score (nSPS) is 14.5. The molecule has 18 nitrogen and oxygen atoms in total. The van der Waals surface area contributed by atoms with Crippen LogP contribution in [0.15, 0.2) is 30.3 Å². The lowest BCUT2D eigenvalue weighted by atomic mass is 9.93. The molecule has 0 aromatic heterocycles. The fourth-order valence-electron chi connectivity index (χ4n) is 7.30. The van der Waals surface area contributed by atoms with E-state index in [0.717, 1.165) is 12.0 Å². The van der Waals surface area contributed by atoms with E-state index in [0.29, 0.717) is 32.0 Å². The smallest absolute Gasteiger partial charge is 0.224 e. The quantitative estimate of drug-likeness (QED) is 0.0488. The lowest BCUT2D eigenvalue weighted by Crippen LogP contribution is -2.50. The van der Waals surface area contributed by atoms with E-state index in [1.54, 1.807) is 13.8 Å². The molecule has 0 saturated carbocycles. The van der Waals surface area contributed by atoms with Gasteiger partial charge in [0.15, 0.2) is 0 Å². The highest BCUT2D eigenvalue weighted by Crippen LogP contribution is 2.15. The minimum atomic E-state index is -0.751. The average molecular weight is 943 g/mol. The lowest BCUT2D eigenvalue weighted by Gasteiger charge is -2.26. The van der Waals surface area contributed by atoms with Gasteiger partial charge < -0.3 is 54.0 Å². The van der Waals surface area contributed by atoms with Crippen molar-refractivity contribution in [2.75, 3.05) is 39.3 Å². The van der Waals surface area contributed by atoms with Crippen LogP contribution in [0.2, 0.25) is 0 Å². The summed E-state index contributed by atoms with van der Waals surface area (Å²) in [5.74, 6) is -4.18. The molecule has 8 amide bonds. The standard InChI is InChI=1S/C49H86N10O8/c1-30(2)20-38(51)26-54-47(65)35(10)23-45(63)58-41(33(7)8)29-56-49(67)37(24-36-14-12-11-13-15-36)25-46(64)59-40(32(5)6)28-55-48(66)34(9)22-44(62)57-39(21-31(3)4)27-53-43(61)17-16-42(60)52-19-18-50/h11-15,30-35,37-41H,16-29,50-51H2,1-10H3,(H,52,60)(H,53,61)(H,54,65)(H,55,66)(H,56,67)(H,57,62)(H,58,63)(H,59,64)/t34-,35-,37-,38-,39-,40+,41+/m0/s1. The van der Waals surface area contributed by atoms with Crippen LogP contribution < -0.4 is 54.0 Å². The molecule has 0 heterocycles. The number of benzene rings is 1. The van der Waals surface area contributed by atoms with Crippen LogP contribution in [0.5, 0.6) is 0 Å². The maximum absolute atomic E-state index is 13.8. The van der Waals surface area contributed by atoms with Crippen molar-refractivity contribution in [2.24, 2.45) is 52.9 Å². The Bertz CT molecular complexity index is 1690. The van der Waals surface area contributed by atoms with Crippen molar-refractivity contribution in [3.8, 4) is 0 Å². The van der Waals surface area contributed by atoms with Gasteiger partial charge in [0.25, 0.3) is 0 Å². The Kier molecular flexibility index (Phi) is 29.1. The number of amides is 8. The van der Waals surface area contributed by atoms with Gasteiger partial charge in [0.1, 0.15) is 0 Å². The predicted molar refractivity (Wildman–Crippen MR) is 262 cm³/mol. The van der Waals surface area contributed by atoms with Crippen LogP contribution in [0, 0.1) is 41.4 Å². The molecule has 0 unspecified atom stereocenters. The first-order chi connectivity index (χ1) is 31.5. The zero-order valence-corrected chi connectivity index (χ0v) is 42.1. The maximum atomic E-state index is 13.8. The summed E-state index contributed by atoms with van der Waals surface area (Å²) in [6.45, 7) is 20.4. The van der Waals surface area contributed by atoms with Gasteiger partial charge >= 0.3 is 0 Å². The van der Waals surface area contributed by atoms with Gasteiger partial charge in [-0.15, -0.1) is 0 Å². The van der Waals surface area contributed by atoms with Gasteiger partial charge in [0, 0.05) is 107 Å². The molecule has 7 atom stereocenters. The molecule has 0 fully saturated rings. The molecule has 380 valence electrons. The maximum Gasteiger partial charge on any atom is 0.224 e. The third kappa shape index (κ3) is 27.3. The summed E-state index contributed by atoms with van der Waals surface area (Å²) in [6, 6.07) is 7.89. The molecule has 18 heteroatoms. The van der Waals surface area contributed by atoms with Crippen LogP contribution in [0.25, 0.3) is 0 Å². The Hall–Kier alpha value is -5.10. The van der Waals surface area contributed by atoms with Crippen molar-refractivity contribution in [3.05, 3.63) is 35.9 Å². The summed E-state index contributed by atoms with van der Waals surface area (Å²) in [7, 11) is 0. The van der Waals surface area contributed by atoms with E-state index in [9.17, 15) is 38.4 Å². The molecule has 67 heavy (non-hydrogen) atoms. The van der Waals surface area contributed by atoms with Crippen molar-refractivity contribution in [1.29, 1.82) is 0 Å². The zero-order chi connectivity index (χ0) is 50.6. The second kappa shape index (κ2) is 32.6. The van der Waals surface area contributed by atoms with Crippen LogP contribution in [0.4, 0.5) is 0 Å². The van der Waals surface area contributed by atoms with Crippen molar-refractivity contribution in [3.63, 3.8) is 0 Å². The van der Waals surface area contributed by atoms with Crippen LogP contribution in [0.3, 0.4) is 0 Å². The summed E-state index contributed by atoms with van der Waals surface area (Å²) >= 11 is 0. The van der Waals surface area contributed by atoms with Gasteiger partial charge in [-0.05, 0) is 48.5 Å². The van der Waals surface area contributed by atoms with Crippen molar-refractivity contribution >= 4 is 47.3 Å². The summed E-state index contributed by atoms with van der Waals surface area (Å²) < 4.78 is 0. The third-order valence-electron chi connectivity index (χ3n) is 11.3. The molecule has 1 aromatic carbocycles. The van der Waals surface area contributed by atoms with Gasteiger partial charge in [-0.25, -0.2) is 0 Å². The highest BCUT2D eigenvalue weighted by Gasteiger charge is 2.28. The van der Waals surface area contributed by atoms with Crippen molar-refractivity contribution in [1.82, 2.24) is 42.5 Å². The Morgan fingerprint density at radius 2 is 0.970 bits per heavy atom. The van der Waals surface area contributed by atoms with E-state index in [1.807, 2.05) is 71.9 Å². The Balaban J connectivity index is 2.85. The first-order valence-electron chi connectivity index (χ1n) is 24.2. The van der Waals surface area contributed by atoms with Crippen LogP contribution in [-0.2, 0) is 44.8 Å². The highest BCUT2D eigenvalue weighted by atomic mass is 16.2. The van der Waals surface area contributed by atoms with Gasteiger partial charge in [-0.1, -0.05) is 99.6 Å². The second-order valence-corrected chi connectivity index (χ2v) is 19.6. The van der Waals surface area contributed by atoms with Gasteiger partial charge in [0.05, 0.1) is 5.92 Å². The Morgan fingerprint density at radius 3 is 1.46 bits per heavy atom. The Labute approximate surface area is 399 Å². The summed E-state index contributed by atoms with van der Waals surface area (Å²) in [6.07, 6.45) is 1.39. The SMILES string of the molecule is CC(C)C[C@H](N)CNC(=O)[C@@H](C)CC(=O)N[C@H](CNC(=O)[C@H](CC(=O)N[C@H](CNC(=O)[C@@H](C)CC(=O)N[C@H](CNC(=O)CCC(=O)NCCN)CC(C)C)C(C)C)Cc1ccccc1)C(C)C. The van der Waals surface area contributed by atoms with E-state index >= 15 is 0 Å². The predicted octanol–water partition coefficient (Wildman–Crippen LogP) is 1.79. The molecule has 0 aliphatic rings. The molecule has 0 aliphatic carbocycles. The van der Waals surface area contributed by atoms with E-state index in [1.165, 1.54) is 0 Å².